The van der Waals surface area contributed by atoms with Crippen LogP contribution >= 0.6 is 0 Å². The smallest absolute Gasteiger partial charge is 0.225 e. The van der Waals surface area contributed by atoms with Gasteiger partial charge in [-0.05, 0) is 52.8 Å². The molecule has 0 saturated carbocycles. The summed E-state index contributed by atoms with van der Waals surface area (Å²) in [6.45, 7) is 13.3. The van der Waals surface area contributed by atoms with Crippen molar-refractivity contribution in [3.8, 4) is 0 Å². The van der Waals surface area contributed by atoms with E-state index in [0.717, 1.165) is 38.7 Å². The second-order valence-electron chi connectivity index (χ2n) is 6.76. The number of hydrogen-bond donors (Lipinski definition) is 1. The molecule has 1 N–H and O–H groups in total. The predicted octanol–water partition coefficient (Wildman–Crippen LogP) is 1.77. The molecule has 0 aromatic carbocycles. The molecule has 1 fully saturated rings. The summed E-state index contributed by atoms with van der Waals surface area (Å²) in [5, 5.41) is 3.54. The molecule has 5 heteroatoms. The summed E-state index contributed by atoms with van der Waals surface area (Å²) in [7, 11) is 0. The Morgan fingerprint density at radius 2 is 1.71 bits per heavy atom. The Morgan fingerprint density at radius 1 is 1.05 bits per heavy atom. The van der Waals surface area contributed by atoms with E-state index in [-0.39, 0.29) is 5.54 Å². The van der Waals surface area contributed by atoms with E-state index in [1.807, 2.05) is 18.5 Å². The average Bonchev–Trinajstić information content (AvgIpc) is 2.47. The lowest BCUT2D eigenvalue weighted by Crippen LogP contribution is -2.47. The minimum atomic E-state index is 0.237. The van der Waals surface area contributed by atoms with Gasteiger partial charge in [0.2, 0.25) is 5.95 Å². The molecule has 0 radical (unpaired) electrons. The number of rotatable bonds is 6. The van der Waals surface area contributed by atoms with Gasteiger partial charge in [-0.25, -0.2) is 9.97 Å². The van der Waals surface area contributed by atoms with Crippen molar-refractivity contribution in [2.24, 2.45) is 0 Å². The number of hydrogen-bond acceptors (Lipinski definition) is 5. The number of nitrogens with one attached hydrogen (secondary N) is 1. The number of piperazine rings is 1. The zero-order chi connectivity index (χ0) is 15.1. The number of anilines is 1. The third kappa shape index (κ3) is 5.98. The van der Waals surface area contributed by atoms with Gasteiger partial charge >= 0.3 is 0 Å². The molecule has 21 heavy (non-hydrogen) atoms. The monoisotopic (exact) mass is 291 g/mol. The summed E-state index contributed by atoms with van der Waals surface area (Å²) in [6, 6.07) is 1.87. The number of unbranched alkanes of at least 4 members (excludes halogenated alkanes) is 1. The number of nitrogens with zero attached hydrogens (tertiary/aromatic N) is 4. The van der Waals surface area contributed by atoms with Gasteiger partial charge < -0.3 is 10.2 Å². The van der Waals surface area contributed by atoms with Crippen LogP contribution in [-0.4, -0.2) is 59.7 Å². The Labute approximate surface area is 128 Å². The van der Waals surface area contributed by atoms with Crippen LogP contribution in [-0.2, 0) is 0 Å². The maximum Gasteiger partial charge on any atom is 0.225 e. The first-order valence-corrected chi connectivity index (χ1v) is 8.04. The quantitative estimate of drug-likeness (QED) is 0.809. The van der Waals surface area contributed by atoms with Crippen LogP contribution in [0.15, 0.2) is 18.5 Å². The first-order valence-electron chi connectivity index (χ1n) is 8.04. The highest BCUT2D eigenvalue weighted by atomic mass is 15.3. The molecule has 1 aromatic heterocycles. The van der Waals surface area contributed by atoms with Crippen LogP contribution in [0.5, 0.6) is 0 Å². The van der Waals surface area contributed by atoms with Gasteiger partial charge in [0.1, 0.15) is 0 Å². The first kappa shape index (κ1) is 16.2. The fourth-order valence-electron chi connectivity index (χ4n) is 2.55. The summed E-state index contributed by atoms with van der Waals surface area (Å²) in [6.07, 6.45) is 6.15. The molecule has 1 aliphatic rings. The Bertz CT molecular complexity index is 393. The summed E-state index contributed by atoms with van der Waals surface area (Å²) < 4.78 is 0. The molecular weight excluding hydrogens is 262 g/mol. The van der Waals surface area contributed by atoms with Crippen molar-refractivity contribution in [2.75, 3.05) is 44.2 Å². The van der Waals surface area contributed by atoms with Gasteiger partial charge in [0.25, 0.3) is 0 Å². The maximum atomic E-state index is 4.32. The molecule has 118 valence electrons. The van der Waals surface area contributed by atoms with Crippen molar-refractivity contribution in [2.45, 2.75) is 39.2 Å². The van der Waals surface area contributed by atoms with Gasteiger partial charge in [-0.15, -0.1) is 0 Å². The van der Waals surface area contributed by atoms with E-state index in [4.69, 9.17) is 0 Å². The Kier molecular flexibility index (Phi) is 5.94. The fourth-order valence-corrected chi connectivity index (χ4v) is 2.55. The zero-order valence-corrected chi connectivity index (χ0v) is 13.7. The SMILES string of the molecule is CC(C)(C)NCCCCN1CCN(c2ncccn2)CC1. The predicted molar refractivity (Wildman–Crippen MR) is 87.7 cm³/mol. The molecule has 1 saturated heterocycles. The molecule has 1 aliphatic heterocycles. The largest absolute Gasteiger partial charge is 0.338 e. The molecule has 0 aliphatic carbocycles. The second kappa shape index (κ2) is 7.71. The molecule has 2 rings (SSSR count). The lowest BCUT2D eigenvalue weighted by Gasteiger charge is -2.34. The third-order valence-corrected chi connectivity index (χ3v) is 3.76. The molecule has 0 amide bonds. The number of aromatic nitrogens is 2. The van der Waals surface area contributed by atoms with Gasteiger partial charge in [0.15, 0.2) is 0 Å². The van der Waals surface area contributed by atoms with Gasteiger partial charge in [0, 0.05) is 44.1 Å². The van der Waals surface area contributed by atoms with Gasteiger partial charge in [-0.2, -0.15) is 0 Å². The summed E-state index contributed by atoms with van der Waals surface area (Å²) in [5.74, 6) is 0.867. The van der Waals surface area contributed by atoms with Crippen molar-refractivity contribution in [1.82, 2.24) is 20.2 Å². The van der Waals surface area contributed by atoms with Crippen LogP contribution in [0.3, 0.4) is 0 Å². The van der Waals surface area contributed by atoms with E-state index < -0.39 is 0 Å². The minimum absolute atomic E-state index is 0.237. The van der Waals surface area contributed by atoms with Gasteiger partial charge in [-0.3, -0.25) is 4.90 Å². The Hall–Kier alpha value is -1.20. The molecule has 0 atom stereocenters. The lowest BCUT2D eigenvalue weighted by molar-refractivity contribution is 0.250. The van der Waals surface area contributed by atoms with Crippen LogP contribution in [0.2, 0.25) is 0 Å². The normalized spacial score (nSPS) is 17.2. The van der Waals surface area contributed by atoms with Crippen molar-refractivity contribution in [1.29, 1.82) is 0 Å². The maximum absolute atomic E-state index is 4.32. The van der Waals surface area contributed by atoms with E-state index in [1.165, 1.54) is 19.4 Å². The van der Waals surface area contributed by atoms with Gasteiger partial charge in [0.05, 0.1) is 0 Å². The minimum Gasteiger partial charge on any atom is -0.338 e. The van der Waals surface area contributed by atoms with Crippen LogP contribution in [0, 0.1) is 0 Å². The van der Waals surface area contributed by atoms with Crippen LogP contribution < -0.4 is 10.2 Å². The van der Waals surface area contributed by atoms with E-state index in [2.05, 4.69) is 45.9 Å². The van der Waals surface area contributed by atoms with E-state index in [1.54, 1.807) is 0 Å². The van der Waals surface area contributed by atoms with Crippen LogP contribution in [0.4, 0.5) is 5.95 Å². The molecular formula is C16H29N5. The standard InChI is InChI=1S/C16H29N5/c1-16(2,3)19-9-4-5-10-20-11-13-21(14-12-20)15-17-7-6-8-18-15/h6-8,19H,4-5,9-14H2,1-3H3. The highest BCUT2D eigenvalue weighted by molar-refractivity contribution is 5.29. The molecule has 2 heterocycles. The Balaban J connectivity index is 1.59. The van der Waals surface area contributed by atoms with Crippen molar-refractivity contribution >= 4 is 5.95 Å². The molecule has 0 unspecified atom stereocenters. The molecule has 0 bridgehead atoms. The first-order chi connectivity index (χ1) is 10.0. The summed E-state index contributed by atoms with van der Waals surface area (Å²) >= 11 is 0. The molecule has 1 aromatic rings. The van der Waals surface area contributed by atoms with Crippen LogP contribution in [0.1, 0.15) is 33.6 Å². The van der Waals surface area contributed by atoms with E-state index in [0.29, 0.717) is 0 Å². The highest BCUT2D eigenvalue weighted by Crippen LogP contribution is 2.10. The second-order valence-corrected chi connectivity index (χ2v) is 6.76. The summed E-state index contributed by atoms with van der Waals surface area (Å²) in [4.78, 5) is 13.5. The highest BCUT2D eigenvalue weighted by Gasteiger charge is 2.18. The molecule has 0 spiro atoms. The van der Waals surface area contributed by atoms with Crippen molar-refractivity contribution in [3.63, 3.8) is 0 Å². The van der Waals surface area contributed by atoms with Crippen molar-refractivity contribution < 1.29 is 0 Å². The Morgan fingerprint density at radius 3 is 2.33 bits per heavy atom. The molecule has 5 nitrogen and oxygen atoms in total. The average molecular weight is 291 g/mol. The zero-order valence-electron chi connectivity index (χ0n) is 13.7. The van der Waals surface area contributed by atoms with Crippen molar-refractivity contribution in [3.05, 3.63) is 18.5 Å². The summed E-state index contributed by atoms with van der Waals surface area (Å²) in [5.41, 5.74) is 0.237. The van der Waals surface area contributed by atoms with E-state index >= 15 is 0 Å². The van der Waals surface area contributed by atoms with E-state index in [9.17, 15) is 0 Å². The van der Waals surface area contributed by atoms with Crippen LogP contribution in [0.25, 0.3) is 0 Å². The van der Waals surface area contributed by atoms with Gasteiger partial charge in [-0.1, -0.05) is 0 Å². The topological polar surface area (TPSA) is 44.3 Å². The lowest BCUT2D eigenvalue weighted by atomic mass is 10.1. The third-order valence-electron chi connectivity index (χ3n) is 3.76. The fraction of sp³-hybridized carbons (Fsp3) is 0.750.